The molecular weight excluding hydrogens is 243 g/mol. The second-order valence-electron chi connectivity index (χ2n) is 5.09. The third-order valence-corrected chi connectivity index (χ3v) is 3.00. The van der Waals surface area contributed by atoms with Gasteiger partial charge in [0.15, 0.2) is 0 Å². The van der Waals surface area contributed by atoms with Crippen molar-refractivity contribution in [1.29, 1.82) is 0 Å². The quantitative estimate of drug-likeness (QED) is 0.774. The number of halogens is 2. The summed E-state index contributed by atoms with van der Waals surface area (Å²) < 4.78 is 13.4. The average Bonchev–Trinajstić information content (AvgIpc) is 2.18. The second kappa shape index (κ2) is 3.88. The highest BCUT2D eigenvalue weighted by Crippen LogP contribution is 2.37. The molecule has 0 saturated carbocycles. The molecule has 1 aliphatic heterocycles. The van der Waals surface area contributed by atoms with Crippen molar-refractivity contribution in [2.45, 2.75) is 26.3 Å². The van der Waals surface area contributed by atoms with Crippen LogP contribution < -0.4 is 10.2 Å². The fourth-order valence-electron chi connectivity index (χ4n) is 1.88. The lowest BCUT2D eigenvalue weighted by molar-refractivity contribution is -0.115. The summed E-state index contributed by atoms with van der Waals surface area (Å²) in [5.41, 5.74) is 0.995. The van der Waals surface area contributed by atoms with Crippen molar-refractivity contribution in [2.75, 3.05) is 16.8 Å². The normalized spacial score (nSPS) is 15.6. The number of benzene rings is 1. The van der Waals surface area contributed by atoms with Gasteiger partial charge in [0.05, 0.1) is 22.9 Å². The molecule has 1 N–H and O–H groups in total. The van der Waals surface area contributed by atoms with Gasteiger partial charge in [0.1, 0.15) is 5.82 Å². The molecule has 92 valence electrons. The van der Waals surface area contributed by atoms with Crippen molar-refractivity contribution in [3.8, 4) is 0 Å². The van der Waals surface area contributed by atoms with E-state index in [-0.39, 0.29) is 23.0 Å². The Labute approximate surface area is 105 Å². The van der Waals surface area contributed by atoms with Gasteiger partial charge in [0, 0.05) is 11.6 Å². The molecule has 0 aromatic heterocycles. The zero-order valence-corrected chi connectivity index (χ0v) is 10.7. The number of fused-ring (bicyclic) bond motifs is 1. The molecule has 1 aliphatic rings. The van der Waals surface area contributed by atoms with E-state index >= 15 is 0 Å². The Morgan fingerprint density at radius 1 is 1.41 bits per heavy atom. The van der Waals surface area contributed by atoms with Gasteiger partial charge in [-0.25, -0.2) is 4.39 Å². The van der Waals surface area contributed by atoms with Crippen LogP contribution in [-0.2, 0) is 4.79 Å². The summed E-state index contributed by atoms with van der Waals surface area (Å²) >= 11 is 5.78. The number of nitrogens with zero attached hydrogens (tertiary/aromatic N) is 1. The minimum absolute atomic E-state index is 0.0640. The maximum absolute atomic E-state index is 13.4. The molecule has 0 unspecified atom stereocenters. The van der Waals surface area contributed by atoms with Crippen LogP contribution in [0, 0.1) is 5.82 Å². The highest BCUT2D eigenvalue weighted by atomic mass is 35.5. The molecule has 0 spiro atoms. The summed E-state index contributed by atoms with van der Waals surface area (Å²) in [6.45, 7) is 6.23. The summed E-state index contributed by atoms with van der Waals surface area (Å²) in [4.78, 5) is 13.5. The number of rotatable bonds is 0. The Bertz CT molecular complexity index is 482. The van der Waals surface area contributed by atoms with Gasteiger partial charge in [-0.15, -0.1) is 0 Å². The van der Waals surface area contributed by atoms with Gasteiger partial charge >= 0.3 is 0 Å². The van der Waals surface area contributed by atoms with Crippen LogP contribution >= 0.6 is 11.6 Å². The van der Waals surface area contributed by atoms with Crippen molar-refractivity contribution >= 4 is 28.9 Å². The number of carbonyl (C=O) groups excluding carboxylic acids is 1. The first-order chi connectivity index (χ1) is 7.79. The van der Waals surface area contributed by atoms with Crippen molar-refractivity contribution in [1.82, 2.24) is 0 Å². The third kappa shape index (κ3) is 2.22. The minimum Gasteiger partial charge on any atom is -0.356 e. The third-order valence-electron chi connectivity index (χ3n) is 2.71. The van der Waals surface area contributed by atoms with Gasteiger partial charge in [-0.1, -0.05) is 11.6 Å². The molecule has 0 atom stereocenters. The maximum Gasteiger partial charge on any atom is 0.243 e. The van der Waals surface area contributed by atoms with Gasteiger partial charge in [-0.3, -0.25) is 4.79 Å². The molecule has 1 amide bonds. The van der Waals surface area contributed by atoms with Crippen LogP contribution in [0.3, 0.4) is 0 Å². The maximum atomic E-state index is 13.4. The van der Waals surface area contributed by atoms with Gasteiger partial charge in [0.25, 0.3) is 0 Å². The molecule has 0 bridgehead atoms. The minimum atomic E-state index is -0.526. The summed E-state index contributed by atoms with van der Waals surface area (Å²) in [5, 5.41) is 2.71. The summed E-state index contributed by atoms with van der Waals surface area (Å²) in [6, 6.07) is 2.81. The van der Waals surface area contributed by atoms with E-state index in [0.717, 1.165) is 5.69 Å². The van der Waals surface area contributed by atoms with Crippen LogP contribution in [0.15, 0.2) is 12.1 Å². The lowest BCUT2D eigenvalue weighted by atomic mass is 10.0. The fourth-order valence-corrected chi connectivity index (χ4v) is 2.03. The van der Waals surface area contributed by atoms with Crippen LogP contribution in [-0.4, -0.2) is 18.0 Å². The van der Waals surface area contributed by atoms with Crippen LogP contribution in [0.1, 0.15) is 20.8 Å². The zero-order valence-electron chi connectivity index (χ0n) is 9.97. The SMILES string of the molecule is CC(C)(C)N1CC(=O)Nc2cc(F)c(Cl)cc21. The largest absolute Gasteiger partial charge is 0.356 e. The lowest BCUT2D eigenvalue weighted by Crippen LogP contribution is -2.49. The van der Waals surface area contributed by atoms with Crippen molar-refractivity contribution in [3.63, 3.8) is 0 Å². The number of carbonyl (C=O) groups is 1. The highest BCUT2D eigenvalue weighted by Gasteiger charge is 2.30. The van der Waals surface area contributed by atoms with Crippen LogP contribution in [0.4, 0.5) is 15.8 Å². The fraction of sp³-hybridized carbons (Fsp3) is 0.417. The summed E-state index contributed by atoms with van der Waals surface area (Å²) in [7, 11) is 0. The van der Waals surface area contributed by atoms with E-state index in [1.165, 1.54) is 6.07 Å². The average molecular weight is 257 g/mol. The summed E-state index contributed by atoms with van der Waals surface area (Å²) in [6.07, 6.45) is 0. The van der Waals surface area contributed by atoms with Crippen molar-refractivity contribution in [3.05, 3.63) is 23.0 Å². The van der Waals surface area contributed by atoms with Gasteiger partial charge < -0.3 is 10.2 Å². The van der Waals surface area contributed by atoms with Gasteiger partial charge in [-0.2, -0.15) is 0 Å². The Morgan fingerprint density at radius 2 is 2.06 bits per heavy atom. The van der Waals surface area contributed by atoms with Gasteiger partial charge in [0.2, 0.25) is 5.91 Å². The first-order valence-corrected chi connectivity index (χ1v) is 5.73. The van der Waals surface area contributed by atoms with E-state index in [2.05, 4.69) is 5.32 Å². The number of nitrogens with one attached hydrogen (secondary N) is 1. The highest BCUT2D eigenvalue weighted by molar-refractivity contribution is 6.31. The molecule has 3 nitrogen and oxygen atoms in total. The summed E-state index contributed by atoms with van der Waals surface area (Å²) in [5.74, 6) is -0.671. The van der Waals surface area contributed by atoms with E-state index < -0.39 is 5.82 Å². The topological polar surface area (TPSA) is 32.3 Å². The number of anilines is 2. The van der Waals surface area contributed by atoms with E-state index in [1.54, 1.807) is 6.07 Å². The lowest BCUT2D eigenvalue weighted by Gasteiger charge is -2.41. The Hall–Kier alpha value is -1.29. The van der Waals surface area contributed by atoms with Crippen molar-refractivity contribution in [2.24, 2.45) is 0 Å². The molecular formula is C12H14ClFN2O. The molecule has 1 aromatic carbocycles. The number of hydrogen-bond donors (Lipinski definition) is 1. The van der Waals surface area contributed by atoms with Crippen LogP contribution in [0.5, 0.6) is 0 Å². The molecule has 17 heavy (non-hydrogen) atoms. The van der Waals surface area contributed by atoms with Gasteiger partial charge in [-0.05, 0) is 26.8 Å². The predicted molar refractivity (Wildman–Crippen MR) is 67.1 cm³/mol. The van der Waals surface area contributed by atoms with E-state index in [1.807, 2.05) is 25.7 Å². The molecule has 0 fully saturated rings. The molecule has 2 rings (SSSR count). The first-order valence-electron chi connectivity index (χ1n) is 5.35. The molecule has 0 aliphatic carbocycles. The monoisotopic (exact) mass is 256 g/mol. The first kappa shape index (κ1) is 12.2. The Morgan fingerprint density at radius 3 is 2.65 bits per heavy atom. The van der Waals surface area contributed by atoms with Crippen LogP contribution in [0.2, 0.25) is 5.02 Å². The van der Waals surface area contributed by atoms with Crippen LogP contribution in [0.25, 0.3) is 0 Å². The molecule has 0 saturated heterocycles. The van der Waals surface area contributed by atoms with E-state index in [0.29, 0.717) is 5.69 Å². The smallest absolute Gasteiger partial charge is 0.243 e. The predicted octanol–water partition coefficient (Wildman–Crippen LogP) is 3.04. The molecule has 1 aromatic rings. The molecule has 5 heteroatoms. The number of amides is 1. The number of hydrogen-bond acceptors (Lipinski definition) is 2. The van der Waals surface area contributed by atoms with Crippen molar-refractivity contribution < 1.29 is 9.18 Å². The van der Waals surface area contributed by atoms with E-state index in [9.17, 15) is 9.18 Å². The standard InChI is InChI=1S/C12H14ClFN2O/c1-12(2,3)16-6-11(17)15-9-5-8(14)7(13)4-10(9)16/h4-5H,6H2,1-3H3,(H,15,17). The zero-order chi connectivity index (χ0) is 12.8. The molecule has 1 heterocycles. The Kier molecular flexibility index (Phi) is 2.78. The molecule has 0 radical (unpaired) electrons. The second-order valence-corrected chi connectivity index (χ2v) is 5.50. The van der Waals surface area contributed by atoms with E-state index in [4.69, 9.17) is 11.6 Å². The Balaban J connectivity index is 2.56.